The molecule has 2 atom stereocenters. The van der Waals surface area contributed by atoms with Gasteiger partial charge >= 0.3 is 5.97 Å². The topological polar surface area (TPSA) is 43.4 Å². The van der Waals surface area contributed by atoms with Crippen LogP contribution in [0.1, 0.15) is 47.5 Å². The van der Waals surface area contributed by atoms with Crippen LogP contribution in [0, 0.1) is 11.3 Å². The van der Waals surface area contributed by atoms with Crippen molar-refractivity contribution in [3.63, 3.8) is 0 Å². The Hall–Kier alpha value is -1.12. The first kappa shape index (κ1) is 13.9. The van der Waals surface area contributed by atoms with Crippen LogP contribution in [0.4, 0.5) is 0 Å². The number of rotatable bonds is 2. The van der Waals surface area contributed by atoms with Crippen molar-refractivity contribution in [1.82, 2.24) is 0 Å². The van der Waals surface area contributed by atoms with Crippen LogP contribution < -0.4 is 0 Å². The highest BCUT2D eigenvalue weighted by molar-refractivity contribution is 6.13. The lowest BCUT2D eigenvalue weighted by Gasteiger charge is -2.37. The molecule has 96 valence electrons. The SMILES string of the molecule is CCOC(=O)[C@]1(C)C(=O)C(=C(C)C)CC[C@@H]1C. The summed E-state index contributed by atoms with van der Waals surface area (Å²) in [7, 11) is 0. The molecular weight excluding hydrogens is 216 g/mol. The van der Waals surface area contributed by atoms with Crippen molar-refractivity contribution < 1.29 is 14.3 Å². The summed E-state index contributed by atoms with van der Waals surface area (Å²) in [6, 6.07) is 0. The van der Waals surface area contributed by atoms with Crippen LogP contribution in [-0.2, 0) is 14.3 Å². The molecule has 0 radical (unpaired) electrons. The Morgan fingerprint density at radius 1 is 1.47 bits per heavy atom. The molecule has 0 unspecified atom stereocenters. The van der Waals surface area contributed by atoms with Gasteiger partial charge in [0.15, 0.2) is 5.78 Å². The molecule has 3 heteroatoms. The number of allylic oxidation sites excluding steroid dienone is 2. The van der Waals surface area contributed by atoms with Crippen molar-refractivity contribution >= 4 is 11.8 Å². The average Bonchev–Trinajstić information content (AvgIpc) is 2.25. The predicted octanol–water partition coefficient (Wildman–Crippen LogP) is 2.89. The lowest BCUT2D eigenvalue weighted by molar-refractivity contribution is -0.162. The van der Waals surface area contributed by atoms with Crippen molar-refractivity contribution in [2.75, 3.05) is 6.61 Å². The molecule has 1 aliphatic rings. The van der Waals surface area contributed by atoms with E-state index in [9.17, 15) is 9.59 Å². The van der Waals surface area contributed by atoms with Gasteiger partial charge in [0, 0.05) is 0 Å². The van der Waals surface area contributed by atoms with Gasteiger partial charge in [-0.3, -0.25) is 9.59 Å². The van der Waals surface area contributed by atoms with Crippen molar-refractivity contribution in [3.05, 3.63) is 11.1 Å². The van der Waals surface area contributed by atoms with Gasteiger partial charge in [-0.1, -0.05) is 12.5 Å². The molecule has 17 heavy (non-hydrogen) atoms. The summed E-state index contributed by atoms with van der Waals surface area (Å²) in [5.41, 5.74) is 0.817. The fraction of sp³-hybridized carbons (Fsp3) is 0.714. The maximum Gasteiger partial charge on any atom is 0.319 e. The molecule has 0 bridgehead atoms. The Bertz CT molecular complexity index is 364. The highest BCUT2D eigenvalue weighted by Crippen LogP contribution is 2.42. The van der Waals surface area contributed by atoms with Gasteiger partial charge in [0.2, 0.25) is 0 Å². The van der Waals surface area contributed by atoms with Crippen molar-refractivity contribution in [2.45, 2.75) is 47.5 Å². The number of hydrogen-bond donors (Lipinski definition) is 0. The van der Waals surface area contributed by atoms with Gasteiger partial charge in [-0.25, -0.2) is 0 Å². The number of Topliss-reactive ketones (excluding diaryl/α,β-unsaturated/α-hetero) is 1. The molecule has 1 fully saturated rings. The fourth-order valence-electron chi connectivity index (χ4n) is 2.35. The van der Waals surface area contributed by atoms with E-state index in [0.717, 1.165) is 24.0 Å². The van der Waals surface area contributed by atoms with E-state index in [0.29, 0.717) is 6.61 Å². The second-order valence-corrected chi connectivity index (χ2v) is 5.17. The van der Waals surface area contributed by atoms with E-state index in [-0.39, 0.29) is 17.7 Å². The second kappa shape index (κ2) is 5.03. The van der Waals surface area contributed by atoms with Gasteiger partial charge in [0.05, 0.1) is 6.61 Å². The van der Waals surface area contributed by atoms with E-state index < -0.39 is 5.41 Å². The molecule has 0 aromatic rings. The van der Waals surface area contributed by atoms with Crippen LogP contribution in [0.15, 0.2) is 11.1 Å². The molecule has 3 nitrogen and oxygen atoms in total. The third-order valence-corrected chi connectivity index (χ3v) is 3.86. The maximum absolute atomic E-state index is 12.5. The molecule has 0 amide bonds. The van der Waals surface area contributed by atoms with E-state index in [1.165, 1.54) is 0 Å². The third-order valence-electron chi connectivity index (χ3n) is 3.86. The third kappa shape index (κ3) is 2.28. The molecule has 0 saturated heterocycles. The monoisotopic (exact) mass is 238 g/mol. The van der Waals surface area contributed by atoms with Gasteiger partial charge in [0.1, 0.15) is 5.41 Å². The lowest BCUT2D eigenvalue weighted by atomic mass is 9.65. The number of esters is 1. The fourth-order valence-corrected chi connectivity index (χ4v) is 2.35. The van der Waals surface area contributed by atoms with E-state index in [1.807, 2.05) is 20.8 Å². The van der Waals surface area contributed by atoms with Crippen molar-refractivity contribution in [3.8, 4) is 0 Å². The van der Waals surface area contributed by atoms with Crippen molar-refractivity contribution in [2.24, 2.45) is 11.3 Å². The van der Waals surface area contributed by atoms with Gasteiger partial charge in [-0.15, -0.1) is 0 Å². The molecule has 0 aliphatic heterocycles. The number of ketones is 1. The molecule has 1 aliphatic carbocycles. The van der Waals surface area contributed by atoms with Crippen LogP contribution in [0.2, 0.25) is 0 Å². The predicted molar refractivity (Wildman–Crippen MR) is 66.5 cm³/mol. The summed E-state index contributed by atoms with van der Waals surface area (Å²) >= 11 is 0. The Labute approximate surface area is 103 Å². The lowest BCUT2D eigenvalue weighted by Crippen LogP contribution is -2.47. The minimum atomic E-state index is -0.999. The Morgan fingerprint density at radius 2 is 2.06 bits per heavy atom. The minimum absolute atomic E-state index is 0.0390. The molecule has 0 spiro atoms. The largest absolute Gasteiger partial charge is 0.465 e. The van der Waals surface area contributed by atoms with Gasteiger partial charge in [-0.05, 0) is 52.0 Å². The number of ether oxygens (including phenoxy) is 1. The molecule has 0 N–H and O–H groups in total. The van der Waals surface area contributed by atoms with Crippen LogP contribution in [0.3, 0.4) is 0 Å². The van der Waals surface area contributed by atoms with E-state index >= 15 is 0 Å². The zero-order valence-corrected chi connectivity index (χ0v) is 11.4. The zero-order valence-electron chi connectivity index (χ0n) is 11.4. The Kier molecular flexibility index (Phi) is 4.12. The summed E-state index contributed by atoms with van der Waals surface area (Å²) in [4.78, 5) is 24.5. The van der Waals surface area contributed by atoms with Crippen LogP contribution in [-0.4, -0.2) is 18.4 Å². The van der Waals surface area contributed by atoms with Gasteiger partial charge in [0.25, 0.3) is 0 Å². The summed E-state index contributed by atoms with van der Waals surface area (Å²) in [5.74, 6) is -0.386. The van der Waals surface area contributed by atoms with Crippen LogP contribution in [0.5, 0.6) is 0 Å². The van der Waals surface area contributed by atoms with E-state index in [1.54, 1.807) is 13.8 Å². The molecular formula is C14H22O3. The number of hydrogen-bond acceptors (Lipinski definition) is 3. The van der Waals surface area contributed by atoms with Gasteiger partial charge in [-0.2, -0.15) is 0 Å². The molecule has 1 saturated carbocycles. The summed E-state index contributed by atoms with van der Waals surface area (Å²) < 4.78 is 5.07. The van der Waals surface area contributed by atoms with Crippen LogP contribution >= 0.6 is 0 Å². The first-order valence-electron chi connectivity index (χ1n) is 6.24. The first-order valence-corrected chi connectivity index (χ1v) is 6.24. The molecule has 0 aromatic carbocycles. The maximum atomic E-state index is 12.5. The number of carbonyl (C=O) groups excluding carboxylic acids is 2. The van der Waals surface area contributed by atoms with E-state index in [2.05, 4.69) is 0 Å². The Balaban J connectivity index is 3.14. The summed E-state index contributed by atoms with van der Waals surface area (Å²) in [6.07, 6.45) is 1.64. The smallest absolute Gasteiger partial charge is 0.319 e. The summed E-state index contributed by atoms with van der Waals surface area (Å²) in [6.45, 7) is 9.61. The van der Waals surface area contributed by atoms with E-state index in [4.69, 9.17) is 4.74 Å². The second-order valence-electron chi connectivity index (χ2n) is 5.17. The summed E-state index contributed by atoms with van der Waals surface area (Å²) in [5, 5.41) is 0. The Morgan fingerprint density at radius 3 is 2.53 bits per heavy atom. The zero-order chi connectivity index (χ0) is 13.2. The molecule has 0 aromatic heterocycles. The van der Waals surface area contributed by atoms with Crippen molar-refractivity contribution in [1.29, 1.82) is 0 Å². The van der Waals surface area contributed by atoms with Gasteiger partial charge < -0.3 is 4.74 Å². The highest BCUT2D eigenvalue weighted by atomic mass is 16.5. The highest BCUT2D eigenvalue weighted by Gasteiger charge is 2.50. The normalized spacial score (nSPS) is 29.1. The minimum Gasteiger partial charge on any atom is -0.465 e. The average molecular weight is 238 g/mol. The quantitative estimate of drug-likeness (QED) is 0.422. The number of carbonyl (C=O) groups is 2. The van der Waals surface area contributed by atoms with Crippen LogP contribution in [0.25, 0.3) is 0 Å². The molecule has 0 heterocycles. The standard InChI is InChI=1S/C14H22O3/c1-6-17-13(16)14(5)10(4)7-8-11(9(2)3)12(14)15/h10H,6-8H2,1-5H3/t10-,14-/m0/s1. The molecule has 1 rings (SSSR count). The first-order chi connectivity index (χ1) is 7.85.